The van der Waals surface area contributed by atoms with E-state index in [1.807, 2.05) is 0 Å². The smallest absolute Gasteiger partial charge is 0.282 e. The summed E-state index contributed by atoms with van der Waals surface area (Å²) in [5.74, 6) is 0.200. The Morgan fingerprint density at radius 1 is 1.47 bits per heavy atom. The summed E-state index contributed by atoms with van der Waals surface area (Å²) >= 11 is 3.51. The fourth-order valence-electron chi connectivity index (χ4n) is 2.29. The van der Waals surface area contributed by atoms with Crippen molar-refractivity contribution < 1.29 is 9.72 Å². The van der Waals surface area contributed by atoms with Crippen molar-refractivity contribution in [2.45, 2.75) is 17.7 Å². The average Bonchev–Trinajstić information content (AvgIpc) is 2.35. The number of nitro groups is 1. The fourth-order valence-corrected chi connectivity index (χ4v) is 3.35. The third-order valence-electron chi connectivity index (χ3n) is 3.39. The van der Waals surface area contributed by atoms with Gasteiger partial charge in [0.15, 0.2) is 0 Å². The number of halogens is 1. The Bertz CT molecular complexity index is 500. The molecule has 102 valence electrons. The maximum Gasteiger partial charge on any atom is 0.282 e. The quantitative estimate of drug-likeness (QED) is 0.485. The predicted molar refractivity (Wildman–Crippen MR) is 75.5 cm³/mol. The van der Waals surface area contributed by atoms with Crippen LogP contribution in [-0.2, 0) is 0 Å². The zero-order valence-corrected chi connectivity index (χ0v) is 12.2. The van der Waals surface area contributed by atoms with Gasteiger partial charge in [-0.1, -0.05) is 28.1 Å². The minimum atomic E-state index is -0.515. The molecule has 0 heterocycles. The van der Waals surface area contributed by atoms with E-state index in [1.54, 1.807) is 24.1 Å². The Kier molecular flexibility index (Phi) is 4.19. The largest absolute Gasteiger partial charge is 0.341 e. The van der Waals surface area contributed by atoms with Gasteiger partial charge in [0.05, 0.1) is 4.92 Å². The van der Waals surface area contributed by atoms with E-state index in [9.17, 15) is 14.9 Å². The molecule has 1 saturated carbocycles. The molecular weight excluding hydrogens is 312 g/mol. The summed E-state index contributed by atoms with van der Waals surface area (Å²) in [6.45, 7) is 0.646. The summed E-state index contributed by atoms with van der Waals surface area (Å²) in [5.41, 5.74) is 0.0241. The highest BCUT2D eigenvalue weighted by atomic mass is 79.9. The van der Waals surface area contributed by atoms with Gasteiger partial charge in [0.1, 0.15) is 5.56 Å². The molecule has 5 nitrogen and oxygen atoms in total. The Labute approximate surface area is 119 Å². The van der Waals surface area contributed by atoms with Crippen LogP contribution in [0.15, 0.2) is 24.3 Å². The van der Waals surface area contributed by atoms with Crippen molar-refractivity contribution >= 4 is 27.5 Å². The molecule has 0 saturated heterocycles. The van der Waals surface area contributed by atoms with Crippen molar-refractivity contribution in [2.75, 3.05) is 13.6 Å². The van der Waals surface area contributed by atoms with Crippen LogP contribution in [-0.4, -0.2) is 34.2 Å². The van der Waals surface area contributed by atoms with Crippen LogP contribution < -0.4 is 0 Å². The van der Waals surface area contributed by atoms with Crippen LogP contribution in [0.25, 0.3) is 0 Å². The van der Waals surface area contributed by atoms with Crippen molar-refractivity contribution in [1.29, 1.82) is 0 Å². The molecule has 1 aromatic rings. The molecule has 0 aliphatic heterocycles. The number of carbonyl (C=O) groups excluding carboxylic acids is 1. The second-order valence-corrected chi connectivity index (χ2v) is 6.19. The normalized spacial score (nSPS) is 21.6. The highest BCUT2D eigenvalue weighted by Gasteiger charge is 2.30. The summed E-state index contributed by atoms with van der Waals surface area (Å²) < 4.78 is 0. The zero-order valence-electron chi connectivity index (χ0n) is 10.6. The van der Waals surface area contributed by atoms with E-state index < -0.39 is 4.92 Å². The molecule has 0 radical (unpaired) electrons. The second-order valence-electron chi connectivity index (χ2n) is 4.89. The molecule has 1 aromatic carbocycles. The molecule has 0 N–H and O–H groups in total. The minimum absolute atomic E-state index is 0.133. The van der Waals surface area contributed by atoms with Gasteiger partial charge in [0.25, 0.3) is 11.6 Å². The monoisotopic (exact) mass is 326 g/mol. The van der Waals surface area contributed by atoms with Gasteiger partial charge >= 0.3 is 0 Å². The van der Waals surface area contributed by atoms with E-state index >= 15 is 0 Å². The highest BCUT2D eigenvalue weighted by molar-refractivity contribution is 9.09. The number of rotatable bonds is 4. The van der Waals surface area contributed by atoms with Gasteiger partial charge in [0, 0.05) is 24.5 Å². The topological polar surface area (TPSA) is 63.5 Å². The molecule has 1 amide bonds. The van der Waals surface area contributed by atoms with Crippen molar-refractivity contribution in [3.05, 3.63) is 39.9 Å². The molecular formula is C13H15BrN2O3. The highest BCUT2D eigenvalue weighted by Crippen LogP contribution is 2.34. The Morgan fingerprint density at radius 3 is 2.68 bits per heavy atom. The molecule has 0 unspecified atom stereocenters. The number of nitro benzene ring substituents is 1. The van der Waals surface area contributed by atoms with E-state index in [4.69, 9.17) is 0 Å². The van der Waals surface area contributed by atoms with Crippen molar-refractivity contribution in [1.82, 2.24) is 4.90 Å². The molecule has 0 bridgehead atoms. The van der Waals surface area contributed by atoms with Crippen LogP contribution in [0.4, 0.5) is 5.69 Å². The van der Waals surface area contributed by atoms with E-state index in [1.165, 1.54) is 12.1 Å². The van der Waals surface area contributed by atoms with Crippen LogP contribution in [0.2, 0.25) is 0 Å². The third-order valence-corrected chi connectivity index (χ3v) is 4.14. The lowest BCUT2D eigenvalue weighted by molar-refractivity contribution is -0.385. The Hall–Kier alpha value is -1.43. The lowest BCUT2D eigenvalue weighted by Crippen LogP contribution is -2.37. The summed E-state index contributed by atoms with van der Waals surface area (Å²) in [6.07, 6.45) is 2.10. The fraction of sp³-hybridized carbons (Fsp3) is 0.462. The van der Waals surface area contributed by atoms with Crippen LogP contribution in [0.5, 0.6) is 0 Å². The summed E-state index contributed by atoms with van der Waals surface area (Å²) in [6, 6.07) is 6.08. The molecule has 19 heavy (non-hydrogen) atoms. The van der Waals surface area contributed by atoms with Gasteiger partial charge in [-0.05, 0) is 24.8 Å². The van der Waals surface area contributed by atoms with E-state index in [0.717, 1.165) is 12.8 Å². The summed E-state index contributed by atoms with van der Waals surface area (Å²) in [4.78, 5) is 24.8. The van der Waals surface area contributed by atoms with Crippen molar-refractivity contribution in [3.8, 4) is 0 Å². The lowest BCUT2D eigenvalue weighted by Gasteiger charge is -2.34. The molecule has 0 aromatic heterocycles. The van der Waals surface area contributed by atoms with E-state index in [2.05, 4.69) is 15.9 Å². The lowest BCUT2D eigenvalue weighted by atomic mass is 9.85. The minimum Gasteiger partial charge on any atom is -0.341 e. The van der Waals surface area contributed by atoms with Crippen molar-refractivity contribution in [2.24, 2.45) is 5.92 Å². The van der Waals surface area contributed by atoms with E-state index in [0.29, 0.717) is 17.3 Å². The number of hydrogen-bond donors (Lipinski definition) is 0. The zero-order chi connectivity index (χ0) is 14.0. The van der Waals surface area contributed by atoms with Crippen LogP contribution in [0.1, 0.15) is 23.2 Å². The van der Waals surface area contributed by atoms with Crippen LogP contribution in [0.3, 0.4) is 0 Å². The number of benzene rings is 1. The van der Waals surface area contributed by atoms with Gasteiger partial charge in [-0.2, -0.15) is 0 Å². The first-order valence-electron chi connectivity index (χ1n) is 6.12. The third kappa shape index (κ3) is 3.12. The first-order chi connectivity index (χ1) is 8.99. The summed E-state index contributed by atoms with van der Waals surface area (Å²) in [7, 11) is 1.70. The number of amides is 1. The predicted octanol–water partition coefficient (Wildman–Crippen LogP) is 2.84. The van der Waals surface area contributed by atoms with Gasteiger partial charge in [-0.3, -0.25) is 14.9 Å². The van der Waals surface area contributed by atoms with Gasteiger partial charge < -0.3 is 4.90 Å². The summed E-state index contributed by atoms with van der Waals surface area (Å²) in [5, 5.41) is 10.9. The number of carbonyl (C=O) groups is 1. The molecule has 1 fully saturated rings. The van der Waals surface area contributed by atoms with Crippen molar-refractivity contribution in [3.63, 3.8) is 0 Å². The average molecular weight is 327 g/mol. The Morgan fingerprint density at radius 2 is 2.11 bits per heavy atom. The van der Waals surface area contributed by atoms with Gasteiger partial charge in [-0.15, -0.1) is 0 Å². The van der Waals surface area contributed by atoms with E-state index in [-0.39, 0.29) is 17.2 Å². The van der Waals surface area contributed by atoms with Gasteiger partial charge in [-0.25, -0.2) is 0 Å². The molecule has 1 aliphatic carbocycles. The maximum atomic E-state index is 12.2. The molecule has 0 atom stereocenters. The molecule has 6 heteroatoms. The number of nitrogens with zero attached hydrogens (tertiary/aromatic N) is 2. The first-order valence-corrected chi connectivity index (χ1v) is 7.03. The first kappa shape index (κ1) is 14.0. The number of hydrogen-bond acceptors (Lipinski definition) is 3. The Balaban J connectivity index is 2.08. The standard InChI is InChI=1S/C13H15BrN2O3/c1-15(8-9-6-10(14)7-9)13(17)11-4-2-3-5-12(11)16(18)19/h2-5,9-10H,6-8H2,1H3. The SMILES string of the molecule is CN(CC1CC(Br)C1)C(=O)c1ccccc1[N+](=O)[O-]. The van der Waals surface area contributed by atoms with Gasteiger partial charge in [0.2, 0.25) is 0 Å². The van der Waals surface area contributed by atoms with Crippen LogP contribution in [0, 0.1) is 16.0 Å². The number of para-hydroxylation sites is 1. The maximum absolute atomic E-state index is 12.2. The molecule has 0 spiro atoms. The molecule has 2 rings (SSSR count). The number of alkyl halides is 1. The molecule has 1 aliphatic rings. The second kappa shape index (κ2) is 5.69. The van der Waals surface area contributed by atoms with Crippen LogP contribution >= 0.6 is 15.9 Å².